The van der Waals surface area contributed by atoms with Crippen molar-refractivity contribution >= 4 is 52.2 Å². The maximum Gasteiger partial charge on any atom is 0.282 e. The van der Waals surface area contributed by atoms with Gasteiger partial charge < -0.3 is 5.32 Å². The number of halogens is 3. The smallest absolute Gasteiger partial charge is 0.282 e. The van der Waals surface area contributed by atoms with E-state index in [4.69, 9.17) is 34.8 Å². The average molecular weight is 426 g/mol. The molecule has 0 saturated carbocycles. The third-order valence-corrected chi connectivity index (χ3v) is 4.66. The molecule has 1 N–H and O–H groups in total. The molecule has 2 aromatic carbocycles. The topological polar surface area (TPSA) is 90.1 Å². The molecule has 0 bridgehead atoms. The average Bonchev–Trinajstić information content (AvgIpc) is 2.97. The number of nitrogens with zero attached hydrogens (tertiary/aromatic N) is 3. The third kappa shape index (κ3) is 4.21. The Morgan fingerprint density at radius 1 is 1.07 bits per heavy atom. The quantitative estimate of drug-likeness (QED) is 0.457. The van der Waals surface area contributed by atoms with Crippen LogP contribution in [-0.4, -0.2) is 20.6 Å². The lowest BCUT2D eigenvalue weighted by atomic mass is 10.1. The Labute approximate surface area is 168 Å². The number of aromatic nitrogens is 2. The molecule has 0 unspecified atom stereocenters. The molecule has 0 radical (unpaired) electrons. The van der Waals surface area contributed by atoms with E-state index >= 15 is 0 Å². The van der Waals surface area contributed by atoms with Gasteiger partial charge in [0.1, 0.15) is 10.6 Å². The molecule has 0 atom stereocenters. The molecular weight excluding hydrogens is 415 g/mol. The number of para-hydroxylation sites is 1. The van der Waals surface area contributed by atoms with Crippen LogP contribution >= 0.6 is 34.8 Å². The molecule has 138 valence electrons. The number of hydrogen-bond donors (Lipinski definition) is 1. The molecule has 10 heteroatoms. The van der Waals surface area contributed by atoms with E-state index in [2.05, 4.69) is 10.4 Å². The second kappa shape index (κ2) is 7.96. The van der Waals surface area contributed by atoms with Gasteiger partial charge in [-0.1, -0.05) is 53.0 Å². The Bertz CT molecular complexity index is 1020. The van der Waals surface area contributed by atoms with Crippen LogP contribution in [-0.2, 0) is 6.54 Å². The standard InChI is InChI=1S/C17H11Cl3N4O3/c18-12-5-3-6-13(19)11(12)8-23-9-14(20)16(22-23)21-17(25)10-4-1-2-7-15(10)24(26)27/h1-7,9H,8H2,(H,21,22,25). The zero-order valence-corrected chi connectivity index (χ0v) is 15.8. The van der Waals surface area contributed by atoms with Gasteiger partial charge in [0, 0.05) is 27.9 Å². The Morgan fingerprint density at radius 2 is 1.74 bits per heavy atom. The van der Waals surface area contributed by atoms with Crippen LogP contribution in [0.3, 0.4) is 0 Å². The fourth-order valence-corrected chi connectivity index (χ4v) is 3.12. The first-order valence-electron chi connectivity index (χ1n) is 7.57. The Hall–Kier alpha value is -2.61. The minimum Gasteiger partial charge on any atom is -0.304 e. The summed E-state index contributed by atoms with van der Waals surface area (Å²) in [6, 6.07) is 10.7. The summed E-state index contributed by atoms with van der Waals surface area (Å²) in [6.07, 6.45) is 1.50. The highest BCUT2D eigenvalue weighted by Crippen LogP contribution is 2.27. The summed E-state index contributed by atoms with van der Waals surface area (Å²) in [6.45, 7) is 0.236. The van der Waals surface area contributed by atoms with E-state index in [0.29, 0.717) is 15.6 Å². The van der Waals surface area contributed by atoms with Crippen LogP contribution in [0.4, 0.5) is 11.5 Å². The number of hydrogen-bond acceptors (Lipinski definition) is 4. The van der Waals surface area contributed by atoms with Gasteiger partial charge in [0.05, 0.1) is 11.5 Å². The minimum absolute atomic E-state index is 0.0722. The van der Waals surface area contributed by atoms with Crippen molar-refractivity contribution in [3.05, 3.63) is 85.0 Å². The molecule has 1 heterocycles. The molecule has 7 nitrogen and oxygen atoms in total. The van der Waals surface area contributed by atoms with Crippen molar-refractivity contribution in [1.29, 1.82) is 0 Å². The van der Waals surface area contributed by atoms with E-state index in [1.54, 1.807) is 18.2 Å². The normalized spacial score (nSPS) is 10.6. The van der Waals surface area contributed by atoms with Crippen LogP contribution in [0.1, 0.15) is 15.9 Å². The molecule has 0 saturated heterocycles. The maximum atomic E-state index is 12.4. The van der Waals surface area contributed by atoms with Gasteiger partial charge in [0.25, 0.3) is 11.6 Å². The number of anilines is 1. The van der Waals surface area contributed by atoms with Gasteiger partial charge in [0.15, 0.2) is 5.82 Å². The van der Waals surface area contributed by atoms with Crippen molar-refractivity contribution in [2.75, 3.05) is 5.32 Å². The van der Waals surface area contributed by atoms with Gasteiger partial charge in [0.2, 0.25) is 0 Å². The van der Waals surface area contributed by atoms with Crippen molar-refractivity contribution in [1.82, 2.24) is 9.78 Å². The SMILES string of the molecule is O=C(Nc1nn(Cc2c(Cl)cccc2Cl)cc1Cl)c1ccccc1[N+](=O)[O-]. The highest BCUT2D eigenvalue weighted by atomic mass is 35.5. The maximum absolute atomic E-state index is 12.4. The summed E-state index contributed by atoms with van der Waals surface area (Å²) in [5.41, 5.74) is 0.243. The molecule has 1 amide bonds. The first-order chi connectivity index (χ1) is 12.9. The largest absolute Gasteiger partial charge is 0.304 e. The molecule has 0 aliphatic carbocycles. The number of carbonyl (C=O) groups is 1. The fraction of sp³-hybridized carbons (Fsp3) is 0.0588. The summed E-state index contributed by atoms with van der Waals surface area (Å²) < 4.78 is 1.46. The molecule has 0 aliphatic heterocycles. The lowest BCUT2D eigenvalue weighted by Gasteiger charge is -2.07. The predicted octanol–water partition coefficient (Wildman–Crippen LogP) is 5.05. The van der Waals surface area contributed by atoms with Gasteiger partial charge in [-0.3, -0.25) is 19.6 Å². The Morgan fingerprint density at radius 3 is 2.41 bits per heavy atom. The van der Waals surface area contributed by atoms with Crippen molar-refractivity contribution in [3.8, 4) is 0 Å². The molecule has 3 aromatic rings. The highest BCUT2D eigenvalue weighted by molar-refractivity contribution is 6.36. The summed E-state index contributed by atoms with van der Waals surface area (Å²) >= 11 is 18.4. The predicted molar refractivity (Wildman–Crippen MR) is 104 cm³/mol. The van der Waals surface area contributed by atoms with E-state index in [1.165, 1.54) is 35.1 Å². The van der Waals surface area contributed by atoms with E-state index < -0.39 is 10.8 Å². The molecule has 0 aliphatic rings. The van der Waals surface area contributed by atoms with Crippen LogP contribution in [0.25, 0.3) is 0 Å². The number of nitro benzene ring substituents is 1. The lowest BCUT2D eigenvalue weighted by Crippen LogP contribution is -2.15. The summed E-state index contributed by atoms with van der Waals surface area (Å²) in [5.74, 6) is -0.617. The first kappa shape index (κ1) is 19.2. The Balaban J connectivity index is 1.83. The van der Waals surface area contributed by atoms with Gasteiger partial charge in [-0.15, -0.1) is 0 Å². The number of nitro groups is 1. The second-order valence-electron chi connectivity index (χ2n) is 5.45. The molecule has 0 spiro atoms. The summed E-state index contributed by atoms with van der Waals surface area (Å²) in [5, 5.41) is 18.9. The monoisotopic (exact) mass is 424 g/mol. The van der Waals surface area contributed by atoms with Crippen LogP contribution in [0.2, 0.25) is 15.1 Å². The number of carbonyl (C=O) groups excluding carboxylic acids is 1. The fourth-order valence-electron chi connectivity index (χ4n) is 2.41. The van der Waals surface area contributed by atoms with E-state index in [1.807, 2.05) is 0 Å². The van der Waals surface area contributed by atoms with E-state index in [9.17, 15) is 14.9 Å². The van der Waals surface area contributed by atoms with Crippen molar-refractivity contribution in [2.45, 2.75) is 6.54 Å². The van der Waals surface area contributed by atoms with Crippen LogP contribution < -0.4 is 5.32 Å². The summed E-state index contributed by atoms with van der Waals surface area (Å²) in [7, 11) is 0. The zero-order chi connectivity index (χ0) is 19.6. The van der Waals surface area contributed by atoms with Crippen LogP contribution in [0.15, 0.2) is 48.7 Å². The molecule has 1 aromatic heterocycles. The van der Waals surface area contributed by atoms with Gasteiger partial charge in [-0.2, -0.15) is 5.10 Å². The van der Waals surface area contributed by atoms with Crippen LogP contribution in [0.5, 0.6) is 0 Å². The first-order valence-corrected chi connectivity index (χ1v) is 8.71. The summed E-state index contributed by atoms with van der Waals surface area (Å²) in [4.78, 5) is 22.8. The number of rotatable bonds is 5. The number of nitrogens with one attached hydrogen (secondary N) is 1. The lowest BCUT2D eigenvalue weighted by molar-refractivity contribution is -0.385. The molecule has 3 rings (SSSR count). The number of benzene rings is 2. The third-order valence-electron chi connectivity index (χ3n) is 3.68. The van der Waals surface area contributed by atoms with E-state index in [-0.39, 0.29) is 28.6 Å². The van der Waals surface area contributed by atoms with Crippen molar-refractivity contribution in [2.24, 2.45) is 0 Å². The van der Waals surface area contributed by atoms with Crippen molar-refractivity contribution < 1.29 is 9.72 Å². The number of amides is 1. The van der Waals surface area contributed by atoms with Gasteiger partial charge >= 0.3 is 0 Å². The van der Waals surface area contributed by atoms with Crippen LogP contribution in [0, 0.1) is 10.1 Å². The molecule has 0 fully saturated rings. The van der Waals surface area contributed by atoms with Gasteiger partial charge in [-0.25, -0.2) is 0 Å². The molecule has 27 heavy (non-hydrogen) atoms. The minimum atomic E-state index is -0.690. The van der Waals surface area contributed by atoms with Gasteiger partial charge in [-0.05, 0) is 18.2 Å². The second-order valence-corrected chi connectivity index (χ2v) is 6.67. The van der Waals surface area contributed by atoms with E-state index in [0.717, 1.165) is 0 Å². The molecular formula is C17H11Cl3N4O3. The Kier molecular flexibility index (Phi) is 5.65. The van der Waals surface area contributed by atoms with Crippen molar-refractivity contribution in [3.63, 3.8) is 0 Å². The zero-order valence-electron chi connectivity index (χ0n) is 13.5. The highest BCUT2D eigenvalue weighted by Gasteiger charge is 2.21.